The molecule has 19 heavy (non-hydrogen) atoms. The number of nitrogens with zero attached hydrogens (tertiary/aromatic N) is 1. The zero-order valence-corrected chi connectivity index (χ0v) is 11.6. The van der Waals surface area contributed by atoms with E-state index in [2.05, 4.69) is 6.92 Å². The molecule has 4 heteroatoms. The fraction of sp³-hybridized carbons (Fsp3) is 0.467. The van der Waals surface area contributed by atoms with Crippen LogP contribution in [0.5, 0.6) is 0 Å². The zero-order chi connectivity index (χ0) is 14.3. The normalized spacial score (nSPS) is 10.2. The number of likely N-dealkylation sites (N-methyl/N-ethyl adjacent to an activating group) is 1. The summed E-state index contributed by atoms with van der Waals surface area (Å²) in [5.41, 5.74) is 2.20. The van der Waals surface area contributed by atoms with Crippen molar-refractivity contribution in [2.75, 3.05) is 13.1 Å². The molecule has 104 valence electrons. The average molecular weight is 263 g/mol. The van der Waals surface area contributed by atoms with Crippen molar-refractivity contribution in [2.24, 2.45) is 0 Å². The van der Waals surface area contributed by atoms with Gasteiger partial charge in [-0.05, 0) is 24.5 Å². The summed E-state index contributed by atoms with van der Waals surface area (Å²) in [5, 5.41) is 8.67. The van der Waals surface area contributed by atoms with Gasteiger partial charge in [0.25, 0.3) is 0 Å². The van der Waals surface area contributed by atoms with Crippen LogP contribution in [0.1, 0.15) is 31.4 Å². The van der Waals surface area contributed by atoms with E-state index in [1.165, 1.54) is 5.56 Å². The first-order valence-corrected chi connectivity index (χ1v) is 6.64. The van der Waals surface area contributed by atoms with Gasteiger partial charge in [0.1, 0.15) is 0 Å². The van der Waals surface area contributed by atoms with Crippen molar-refractivity contribution in [3.8, 4) is 0 Å². The fourth-order valence-electron chi connectivity index (χ4n) is 2.04. The quantitative estimate of drug-likeness (QED) is 0.819. The van der Waals surface area contributed by atoms with Gasteiger partial charge in [-0.15, -0.1) is 0 Å². The summed E-state index contributed by atoms with van der Waals surface area (Å²) >= 11 is 0. The van der Waals surface area contributed by atoms with Crippen LogP contribution in [0, 0.1) is 0 Å². The second kappa shape index (κ2) is 7.56. The first-order chi connectivity index (χ1) is 9.08. The number of carbonyl (C=O) groups is 2. The van der Waals surface area contributed by atoms with Crippen LogP contribution < -0.4 is 0 Å². The Labute approximate surface area is 114 Å². The van der Waals surface area contributed by atoms with Crippen LogP contribution in [0.4, 0.5) is 0 Å². The molecular formula is C15H21NO3. The van der Waals surface area contributed by atoms with Crippen LogP contribution in [0.2, 0.25) is 0 Å². The van der Waals surface area contributed by atoms with Gasteiger partial charge in [0.2, 0.25) is 5.91 Å². The van der Waals surface area contributed by atoms with Crippen molar-refractivity contribution in [3.05, 3.63) is 35.4 Å². The highest BCUT2D eigenvalue weighted by Gasteiger charge is 2.14. The maximum Gasteiger partial charge on any atom is 0.305 e. The lowest BCUT2D eigenvalue weighted by atomic mass is 10.0. The molecule has 0 aliphatic heterocycles. The summed E-state index contributed by atoms with van der Waals surface area (Å²) in [7, 11) is 0. The van der Waals surface area contributed by atoms with Crippen molar-refractivity contribution >= 4 is 11.9 Å². The smallest absolute Gasteiger partial charge is 0.305 e. The van der Waals surface area contributed by atoms with Crippen LogP contribution in [0.25, 0.3) is 0 Å². The summed E-state index contributed by atoms with van der Waals surface area (Å²) in [6.45, 7) is 4.75. The molecule has 1 aromatic carbocycles. The van der Waals surface area contributed by atoms with E-state index < -0.39 is 5.97 Å². The molecule has 0 bridgehead atoms. The summed E-state index contributed by atoms with van der Waals surface area (Å²) in [4.78, 5) is 24.3. The molecule has 0 aliphatic carbocycles. The standard InChI is InChI=1S/C15H21NO3/c1-3-12-7-5-6-8-13(12)11-14(17)16(4-2)10-9-15(18)19/h5-8H,3-4,9-11H2,1-2H3,(H,18,19). The minimum absolute atomic E-state index is 0.00496. The Morgan fingerprint density at radius 1 is 1.16 bits per heavy atom. The SMILES string of the molecule is CCc1ccccc1CC(=O)N(CC)CCC(=O)O. The molecule has 0 spiro atoms. The first kappa shape index (κ1) is 15.2. The lowest BCUT2D eigenvalue weighted by Gasteiger charge is -2.20. The Bertz CT molecular complexity index is 443. The summed E-state index contributed by atoms with van der Waals surface area (Å²) in [5.74, 6) is -0.884. The lowest BCUT2D eigenvalue weighted by molar-refractivity contribution is -0.138. The number of carbonyl (C=O) groups excluding carboxylic acids is 1. The van der Waals surface area contributed by atoms with E-state index in [1.54, 1.807) is 4.90 Å². The Kier molecular flexibility index (Phi) is 6.06. The molecule has 0 unspecified atom stereocenters. The largest absolute Gasteiger partial charge is 0.481 e. The molecule has 4 nitrogen and oxygen atoms in total. The van der Waals surface area contributed by atoms with Crippen molar-refractivity contribution in [2.45, 2.75) is 33.1 Å². The molecule has 1 amide bonds. The van der Waals surface area contributed by atoms with Gasteiger partial charge in [0, 0.05) is 13.1 Å². The van der Waals surface area contributed by atoms with Crippen LogP contribution in [-0.2, 0) is 22.4 Å². The van der Waals surface area contributed by atoms with Gasteiger partial charge in [-0.2, -0.15) is 0 Å². The van der Waals surface area contributed by atoms with Crippen LogP contribution >= 0.6 is 0 Å². The summed E-state index contributed by atoms with van der Waals surface area (Å²) in [6, 6.07) is 7.88. The number of carboxylic acids is 1. The van der Waals surface area contributed by atoms with E-state index in [1.807, 2.05) is 31.2 Å². The number of benzene rings is 1. The van der Waals surface area contributed by atoms with E-state index in [-0.39, 0.29) is 18.9 Å². The average Bonchev–Trinajstić information content (AvgIpc) is 2.39. The minimum atomic E-state index is -0.875. The topological polar surface area (TPSA) is 57.6 Å². The monoisotopic (exact) mass is 263 g/mol. The number of aryl methyl sites for hydroxylation is 1. The molecule has 0 saturated carbocycles. The number of amides is 1. The van der Waals surface area contributed by atoms with Gasteiger partial charge >= 0.3 is 5.97 Å². The summed E-state index contributed by atoms with van der Waals surface area (Å²) < 4.78 is 0. The molecule has 0 saturated heterocycles. The fourth-order valence-corrected chi connectivity index (χ4v) is 2.04. The minimum Gasteiger partial charge on any atom is -0.481 e. The maximum absolute atomic E-state index is 12.2. The van der Waals surface area contributed by atoms with Crippen LogP contribution in [-0.4, -0.2) is 35.0 Å². The Morgan fingerprint density at radius 2 is 1.79 bits per heavy atom. The van der Waals surface area contributed by atoms with Crippen LogP contribution in [0.15, 0.2) is 24.3 Å². The van der Waals surface area contributed by atoms with E-state index >= 15 is 0 Å². The van der Waals surface area contributed by atoms with E-state index in [4.69, 9.17) is 5.11 Å². The van der Waals surface area contributed by atoms with Crippen molar-refractivity contribution in [3.63, 3.8) is 0 Å². The molecule has 0 aliphatic rings. The van der Waals surface area contributed by atoms with Gasteiger partial charge in [-0.3, -0.25) is 9.59 Å². The van der Waals surface area contributed by atoms with E-state index in [9.17, 15) is 9.59 Å². The third kappa shape index (κ3) is 4.73. The second-order valence-corrected chi connectivity index (χ2v) is 4.42. The van der Waals surface area contributed by atoms with Gasteiger partial charge in [-0.25, -0.2) is 0 Å². The van der Waals surface area contributed by atoms with Crippen LogP contribution in [0.3, 0.4) is 0 Å². The molecular weight excluding hydrogens is 242 g/mol. The molecule has 1 N–H and O–H groups in total. The molecule has 0 fully saturated rings. The van der Waals surface area contributed by atoms with Crippen molar-refractivity contribution in [1.29, 1.82) is 0 Å². The predicted molar refractivity (Wildman–Crippen MR) is 74.0 cm³/mol. The number of hydrogen-bond donors (Lipinski definition) is 1. The van der Waals surface area contributed by atoms with Crippen molar-refractivity contribution in [1.82, 2.24) is 4.90 Å². The van der Waals surface area contributed by atoms with Gasteiger partial charge in [0.05, 0.1) is 12.8 Å². The zero-order valence-electron chi connectivity index (χ0n) is 11.6. The number of aliphatic carboxylic acids is 1. The van der Waals surface area contributed by atoms with Gasteiger partial charge in [-0.1, -0.05) is 31.2 Å². The van der Waals surface area contributed by atoms with Gasteiger partial charge in [0.15, 0.2) is 0 Å². The highest BCUT2D eigenvalue weighted by molar-refractivity contribution is 5.79. The van der Waals surface area contributed by atoms with Crippen molar-refractivity contribution < 1.29 is 14.7 Å². The Hall–Kier alpha value is -1.84. The van der Waals surface area contributed by atoms with E-state index in [0.29, 0.717) is 13.0 Å². The number of rotatable bonds is 7. The van der Waals surface area contributed by atoms with E-state index in [0.717, 1.165) is 12.0 Å². The Balaban J connectivity index is 2.68. The molecule has 0 atom stereocenters. The third-order valence-corrected chi connectivity index (χ3v) is 3.17. The summed E-state index contributed by atoms with van der Waals surface area (Å²) in [6.07, 6.45) is 1.23. The number of hydrogen-bond acceptors (Lipinski definition) is 2. The molecule has 1 rings (SSSR count). The molecule has 0 aromatic heterocycles. The lowest BCUT2D eigenvalue weighted by Crippen LogP contribution is -2.34. The second-order valence-electron chi connectivity index (χ2n) is 4.42. The highest BCUT2D eigenvalue weighted by Crippen LogP contribution is 2.11. The maximum atomic E-state index is 12.2. The molecule has 0 radical (unpaired) electrons. The predicted octanol–water partition coefficient (Wildman–Crippen LogP) is 2.11. The third-order valence-electron chi connectivity index (χ3n) is 3.17. The first-order valence-electron chi connectivity index (χ1n) is 6.64. The number of carboxylic acid groups (broad SMARTS) is 1. The highest BCUT2D eigenvalue weighted by atomic mass is 16.4. The van der Waals surface area contributed by atoms with Gasteiger partial charge < -0.3 is 10.0 Å². The molecule has 0 heterocycles. The molecule has 1 aromatic rings. The Morgan fingerprint density at radius 3 is 2.32 bits per heavy atom.